The summed E-state index contributed by atoms with van der Waals surface area (Å²) >= 11 is 3.42. The molecule has 2 aromatic rings. The molecule has 1 aromatic carbocycles. The monoisotopic (exact) mass is 263 g/mol. The maximum Gasteiger partial charge on any atom is 0.0933 e. The van der Waals surface area contributed by atoms with Gasteiger partial charge in [-0.25, -0.2) is 0 Å². The highest BCUT2D eigenvalue weighted by Gasteiger charge is 2.01. The first kappa shape index (κ1) is 10.3. The fraction of sp³-hybridized carbons (Fsp3) is 0.0909. The van der Waals surface area contributed by atoms with Gasteiger partial charge in [0.2, 0.25) is 0 Å². The third kappa shape index (κ3) is 2.40. The molecule has 0 amide bonds. The van der Waals surface area contributed by atoms with Gasteiger partial charge in [-0.05, 0) is 23.8 Å². The Balaban J connectivity index is 2.44. The highest BCUT2D eigenvalue weighted by atomic mass is 79.9. The van der Waals surface area contributed by atoms with Crippen LogP contribution in [0.25, 0.3) is 11.3 Å². The third-order valence-corrected chi connectivity index (χ3v) is 2.56. The molecule has 0 radical (unpaired) electrons. The van der Waals surface area contributed by atoms with Gasteiger partial charge in [0.15, 0.2) is 0 Å². The molecule has 15 heavy (non-hydrogen) atoms. The molecule has 0 bridgehead atoms. The van der Waals surface area contributed by atoms with Crippen LogP contribution in [-0.2, 0) is 6.54 Å². The van der Waals surface area contributed by atoms with Gasteiger partial charge in [0.25, 0.3) is 0 Å². The summed E-state index contributed by atoms with van der Waals surface area (Å²) in [5.74, 6) is 0. The highest BCUT2D eigenvalue weighted by Crippen LogP contribution is 2.21. The van der Waals surface area contributed by atoms with Crippen LogP contribution in [0.15, 0.2) is 41.0 Å². The predicted octanol–water partition coefficient (Wildman–Crippen LogP) is 2.36. The molecule has 0 unspecified atom stereocenters. The first-order chi connectivity index (χ1) is 7.29. The molecule has 1 aromatic heterocycles. The Kier molecular flexibility index (Phi) is 3.08. The minimum atomic E-state index is 0.483. The molecule has 2 N–H and O–H groups in total. The molecule has 0 saturated heterocycles. The molecular weight excluding hydrogens is 254 g/mol. The summed E-state index contributed by atoms with van der Waals surface area (Å²) in [5.41, 5.74) is 8.42. The van der Waals surface area contributed by atoms with Crippen molar-refractivity contribution in [3.8, 4) is 11.3 Å². The Morgan fingerprint density at radius 3 is 2.87 bits per heavy atom. The van der Waals surface area contributed by atoms with Gasteiger partial charge < -0.3 is 5.73 Å². The number of aromatic nitrogens is 2. The SMILES string of the molecule is NCc1cnnc(-c2cccc(Br)c2)c1. The van der Waals surface area contributed by atoms with Gasteiger partial charge in [-0.1, -0.05) is 28.1 Å². The Labute approximate surface area is 96.5 Å². The van der Waals surface area contributed by atoms with Crippen LogP contribution in [0.4, 0.5) is 0 Å². The maximum atomic E-state index is 5.55. The van der Waals surface area contributed by atoms with Crippen LogP contribution in [-0.4, -0.2) is 10.2 Å². The Morgan fingerprint density at radius 1 is 1.27 bits per heavy atom. The summed E-state index contributed by atoms with van der Waals surface area (Å²) in [6.07, 6.45) is 1.68. The topological polar surface area (TPSA) is 51.8 Å². The first-order valence-corrected chi connectivity index (χ1v) is 5.36. The largest absolute Gasteiger partial charge is 0.326 e. The van der Waals surface area contributed by atoms with Crippen molar-refractivity contribution in [3.63, 3.8) is 0 Å². The van der Waals surface area contributed by atoms with E-state index in [-0.39, 0.29) is 0 Å². The smallest absolute Gasteiger partial charge is 0.0933 e. The second-order valence-electron chi connectivity index (χ2n) is 3.16. The van der Waals surface area contributed by atoms with Crippen molar-refractivity contribution in [1.29, 1.82) is 0 Å². The average molecular weight is 264 g/mol. The molecular formula is C11H10BrN3. The number of rotatable bonds is 2. The van der Waals surface area contributed by atoms with E-state index in [0.29, 0.717) is 6.54 Å². The second-order valence-corrected chi connectivity index (χ2v) is 4.08. The van der Waals surface area contributed by atoms with Crippen LogP contribution in [0.1, 0.15) is 5.56 Å². The normalized spacial score (nSPS) is 10.3. The number of nitrogens with two attached hydrogens (primary N) is 1. The zero-order chi connectivity index (χ0) is 10.7. The fourth-order valence-electron chi connectivity index (χ4n) is 1.31. The molecule has 4 heteroatoms. The zero-order valence-electron chi connectivity index (χ0n) is 8.02. The number of benzene rings is 1. The summed E-state index contributed by atoms with van der Waals surface area (Å²) in [5, 5.41) is 7.99. The first-order valence-electron chi connectivity index (χ1n) is 4.57. The van der Waals surface area contributed by atoms with Crippen molar-refractivity contribution in [2.45, 2.75) is 6.54 Å². The average Bonchev–Trinajstić information content (AvgIpc) is 2.29. The van der Waals surface area contributed by atoms with Gasteiger partial charge >= 0.3 is 0 Å². The summed E-state index contributed by atoms with van der Waals surface area (Å²) in [4.78, 5) is 0. The summed E-state index contributed by atoms with van der Waals surface area (Å²) in [6, 6.07) is 9.90. The zero-order valence-corrected chi connectivity index (χ0v) is 9.61. The van der Waals surface area contributed by atoms with E-state index < -0.39 is 0 Å². The van der Waals surface area contributed by atoms with Crippen molar-refractivity contribution in [1.82, 2.24) is 10.2 Å². The van der Waals surface area contributed by atoms with E-state index in [1.807, 2.05) is 30.3 Å². The van der Waals surface area contributed by atoms with Gasteiger partial charge in [0, 0.05) is 16.6 Å². The van der Waals surface area contributed by atoms with E-state index in [2.05, 4.69) is 26.1 Å². The molecule has 76 valence electrons. The number of nitrogens with zero attached hydrogens (tertiary/aromatic N) is 2. The number of hydrogen-bond acceptors (Lipinski definition) is 3. The van der Waals surface area contributed by atoms with Crippen LogP contribution in [0.5, 0.6) is 0 Å². The van der Waals surface area contributed by atoms with Crippen LogP contribution in [0.3, 0.4) is 0 Å². The molecule has 2 rings (SSSR count). The second kappa shape index (κ2) is 4.51. The van der Waals surface area contributed by atoms with Crippen molar-refractivity contribution in [2.75, 3.05) is 0 Å². The predicted molar refractivity (Wildman–Crippen MR) is 63.1 cm³/mol. The summed E-state index contributed by atoms with van der Waals surface area (Å²) in [7, 11) is 0. The van der Waals surface area contributed by atoms with Crippen LogP contribution in [0, 0.1) is 0 Å². The van der Waals surface area contributed by atoms with E-state index in [4.69, 9.17) is 5.73 Å². The molecule has 0 atom stereocenters. The van der Waals surface area contributed by atoms with Crippen LogP contribution >= 0.6 is 15.9 Å². The number of hydrogen-bond donors (Lipinski definition) is 1. The van der Waals surface area contributed by atoms with Crippen LogP contribution in [0.2, 0.25) is 0 Å². The summed E-state index contributed by atoms with van der Waals surface area (Å²) < 4.78 is 1.03. The minimum Gasteiger partial charge on any atom is -0.326 e. The minimum absolute atomic E-state index is 0.483. The van der Waals surface area contributed by atoms with Crippen LogP contribution < -0.4 is 5.73 Å². The number of halogens is 1. The van der Waals surface area contributed by atoms with Gasteiger partial charge in [0.05, 0.1) is 11.9 Å². The van der Waals surface area contributed by atoms with Crippen molar-refractivity contribution in [3.05, 3.63) is 46.6 Å². The Morgan fingerprint density at radius 2 is 2.13 bits per heavy atom. The molecule has 0 aliphatic rings. The van der Waals surface area contributed by atoms with E-state index in [1.54, 1.807) is 6.20 Å². The highest BCUT2D eigenvalue weighted by molar-refractivity contribution is 9.10. The van der Waals surface area contributed by atoms with E-state index >= 15 is 0 Å². The van der Waals surface area contributed by atoms with Gasteiger partial charge in [-0.3, -0.25) is 0 Å². The van der Waals surface area contributed by atoms with Crippen molar-refractivity contribution < 1.29 is 0 Å². The third-order valence-electron chi connectivity index (χ3n) is 2.07. The molecule has 1 heterocycles. The quantitative estimate of drug-likeness (QED) is 0.905. The molecule has 3 nitrogen and oxygen atoms in total. The lowest BCUT2D eigenvalue weighted by Gasteiger charge is -2.02. The van der Waals surface area contributed by atoms with E-state index in [0.717, 1.165) is 21.3 Å². The lowest BCUT2D eigenvalue weighted by Crippen LogP contribution is -1.98. The molecule has 0 spiro atoms. The lowest BCUT2D eigenvalue weighted by molar-refractivity contribution is 0.971. The molecule has 0 saturated carbocycles. The van der Waals surface area contributed by atoms with Gasteiger partial charge in [0.1, 0.15) is 0 Å². The Hall–Kier alpha value is -1.26. The standard InChI is InChI=1S/C11H10BrN3/c12-10-3-1-2-9(5-10)11-4-8(6-13)7-14-15-11/h1-5,7H,6,13H2. The van der Waals surface area contributed by atoms with Gasteiger partial charge in [-0.2, -0.15) is 10.2 Å². The van der Waals surface area contributed by atoms with Gasteiger partial charge in [-0.15, -0.1) is 0 Å². The fourth-order valence-corrected chi connectivity index (χ4v) is 1.71. The molecule has 0 fully saturated rings. The lowest BCUT2D eigenvalue weighted by atomic mass is 10.1. The molecule has 0 aliphatic heterocycles. The Bertz CT molecular complexity index is 471. The van der Waals surface area contributed by atoms with Crippen molar-refractivity contribution >= 4 is 15.9 Å². The van der Waals surface area contributed by atoms with E-state index in [1.165, 1.54) is 0 Å². The molecule has 0 aliphatic carbocycles. The van der Waals surface area contributed by atoms with E-state index in [9.17, 15) is 0 Å². The van der Waals surface area contributed by atoms with Crippen molar-refractivity contribution in [2.24, 2.45) is 5.73 Å². The maximum absolute atomic E-state index is 5.55. The summed E-state index contributed by atoms with van der Waals surface area (Å²) in [6.45, 7) is 0.483.